The van der Waals surface area contributed by atoms with Crippen LogP contribution in [0.4, 0.5) is 5.69 Å². The van der Waals surface area contributed by atoms with Gasteiger partial charge in [0.25, 0.3) is 5.69 Å². The van der Waals surface area contributed by atoms with Crippen molar-refractivity contribution in [3.05, 3.63) is 57.8 Å². The molecule has 0 fully saturated rings. The van der Waals surface area contributed by atoms with E-state index in [1.807, 2.05) is 12.1 Å². The van der Waals surface area contributed by atoms with Crippen molar-refractivity contribution in [1.82, 2.24) is 4.90 Å². The largest absolute Gasteiger partial charge is 0.371 e. The van der Waals surface area contributed by atoms with E-state index in [-0.39, 0.29) is 10.6 Å². The molecule has 19 heavy (non-hydrogen) atoms. The van der Waals surface area contributed by atoms with E-state index < -0.39 is 0 Å². The predicted octanol–water partition coefficient (Wildman–Crippen LogP) is 3.36. The van der Waals surface area contributed by atoms with Crippen LogP contribution in [0.3, 0.4) is 0 Å². The third kappa shape index (κ3) is 2.26. The number of non-ortho nitro benzene ring substituents is 1. The van der Waals surface area contributed by atoms with Crippen LogP contribution in [0.15, 0.2) is 42.1 Å². The lowest BCUT2D eigenvalue weighted by molar-refractivity contribution is -0.384. The van der Waals surface area contributed by atoms with E-state index in [4.69, 9.17) is 0 Å². The van der Waals surface area contributed by atoms with Crippen LogP contribution in [0.1, 0.15) is 24.8 Å². The Morgan fingerprint density at radius 3 is 2.58 bits per heavy atom. The maximum absolute atomic E-state index is 10.7. The molecule has 98 valence electrons. The standard InChI is InChI=1S/C15H16N2O2/c18-17(19)13-8-6-12(7-9-13)14-4-3-11-16-10-2-1-5-15(14)16/h4-9H,1-3,10-11H2. The van der Waals surface area contributed by atoms with Gasteiger partial charge in [0.15, 0.2) is 0 Å². The van der Waals surface area contributed by atoms with E-state index in [9.17, 15) is 10.1 Å². The van der Waals surface area contributed by atoms with Crippen LogP contribution in [0.5, 0.6) is 0 Å². The van der Waals surface area contributed by atoms with Crippen molar-refractivity contribution in [3.8, 4) is 0 Å². The lowest BCUT2D eigenvalue weighted by Crippen LogP contribution is -2.30. The molecular formula is C15H16N2O2. The fourth-order valence-electron chi connectivity index (χ4n) is 2.78. The number of fused-ring (bicyclic) bond motifs is 1. The highest BCUT2D eigenvalue weighted by Crippen LogP contribution is 2.33. The molecule has 1 aromatic rings. The summed E-state index contributed by atoms with van der Waals surface area (Å²) in [6, 6.07) is 6.86. The number of allylic oxidation sites excluding steroid dienone is 2. The summed E-state index contributed by atoms with van der Waals surface area (Å²) in [4.78, 5) is 12.7. The van der Waals surface area contributed by atoms with Gasteiger partial charge in [0, 0.05) is 36.5 Å². The summed E-state index contributed by atoms with van der Waals surface area (Å²) in [5, 5.41) is 10.7. The van der Waals surface area contributed by atoms with Gasteiger partial charge in [0.2, 0.25) is 0 Å². The average Bonchev–Trinajstić information content (AvgIpc) is 2.47. The molecule has 4 heteroatoms. The van der Waals surface area contributed by atoms with Crippen molar-refractivity contribution in [1.29, 1.82) is 0 Å². The number of benzene rings is 1. The fraction of sp³-hybridized carbons (Fsp3) is 0.333. The second kappa shape index (κ2) is 4.88. The highest BCUT2D eigenvalue weighted by atomic mass is 16.6. The zero-order valence-corrected chi connectivity index (χ0v) is 10.7. The molecule has 0 radical (unpaired) electrons. The highest BCUT2D eigenvalue weighted by Gasteiger charge is 2.21. The zero-order valence-electron chi connectivity index (χ0n) is 10.7. The Morgan fingerprint density at radius 1 is 1.05 bits per heavy atom. The Labute approximate surface area is 112 Å². The first-order valence-corrected chi connectivity index (χ1v) is 6.66. The van der Waals surface area contributed by atoms with E-state index >= 15 is 0 Å². The van der Waals surface area contributed by atoms with E-state index in [1.54, 1.807) is 12.1 Å². The quantitative estimate of drug-likeness (QED) is 0.602. The summed E-state index contributed by atoms with van der Waals surface area (Å²) in [5.41, 5.74) is 3.74. The molecule has 0 bridgehead atoms. The molecule has 0 spiro atoms. The topological polar surface area (TPSA) is 46.4 Å². The van der Waals surface area contributed by atoms with Crippen molar-refractivity contribution in [2.45, 2.75) is 19.3 Å². The lowest BCUT2D eigenvalue weighted by atomic mass is 9.94. The Bertz CT molecular complexity index is 558. The monoisotopic (exact) mass is 256 g/mol. The molecule has 0 saturated carbocycles. The number of nitro groups is 1. The molecule has 0 saturated heterocycles. The summed E-state index contributed by atoms with van der Waals surface area (Å²) in [6.07, 6.45) is 7.92. The Kier molecular flexibility index (Phi) is 3.07. The second-order valence-corrected chi connectivity index (χ2v) is 4.93. The minimum atomic E-state index is -0.356. The molecule has 0 amide bonds. The normalized spacial score (nSPS) is 18.4. The molecule has 0 atom stereocenters. The first kappa shape index (κ1) is 12.0. The summed E-state index contributed by atoms with van der Waals surface area (Å²) in [5.74, 6) is 0. The Balaban J connectivity index is 1.94. The van der Waals surface area contributed by atoms with Gasteiger partial charge in [-0.1, -0.05) is 12.2 Å². The van der Waals surface area contributed by atoms with Gasteiger partial charge in [-0.2, -0.15) is 0 Å². The minimum Gasteiger partial charge on any atom is -0.371 e. The van der Waals surface area contributed by atoms with Gasteiger partial charge in [-0.25, -0.2) is 0 Å². The van der Waals surface area contributed by atoms with Crippen LogP contribution in [0, 0.1) is 10.1 Å². The first-order valence-electron chi connectivity index (χ1n) is 6.66. The lowest BCUT2D eigenvalue weighted by Gasteiger charge is -2.35. The summed E-state index contributed by atoms with van der Waals surface area (Å²) in [6.45, 7) is 2.21. The van der Waals surface area contributed by atoms with Crippen LogP contribution in [-0.2, 0) is 0 Å². The fourth-order valence-corrected chi connectivity index (χ4v) is 2.78. The number of hydrogen-bond donors (Lipinski definition) is 0. The van der Waals surface area contributed by atoms with Crippen molar-refractivity contribution >= 4 is 11.3 Å². The molecular weight excluding hydrogens is 240 g/mol. The van der Waals surface area contributed by atoms with Crippen LogP contribution >= 0.6 is 0 Å². The Morgan fingerprint density at radius 2 is 1.84 bits per heavy atom. The van der Waals surface area contributed by atoms with Crippen molar-refractivity contribution in [2.24, 2.45) is 0 Å². The van der Waals surface area contributed by atoms with Gasteiger partial charge < -0.3 is 4.90 Å². The highest BCUT2D eigenvalue weighted by molar-refractivity contribution is 5.79. The van der Waals surface area contributed by atoms with Gasteiger partial charge in [0.1, 0.15) is 0 Å². The van der Waals surface area contributed by atoms with E-state index in [1.165, 1.54) is 17.7 Å². The molecule has 2 heterocycles. The van der Waals surface area contributed by atoms with E-state index in [0.29, 0.717) is 0 Å². The maximum Gasteiger partial charge on any atom is 0.269 e. The molecule has 0 aromatic heterocycles. The van der Waals surface area contributed by atoms with Gasteiger partial charge in [0.05, 0.1) is 4.92 Å². The Hall–Kier alpha value is -2.10. The number of nitro benzene ring substituents is 1. The first-order chi connectivity index (χ1) is 9.25. The minimum absolute atomic E-state index is 0.148. The van der Waals surface area contributed by atoms with Crippen LogP contribution < -0.4 is 0 Å². The molecule has 1 aromatic carbocycles. The molecule has 2 aliphatic rings. The molecule has 0 aliphatic carbocycles. The number of rotatable bonds is 2. The SMILES string of the molecule is O=[N+]([O-])c1ccc(C2=CCCN3CCCC=C23)cc1. The van der Waals surface area contributed by atoms with Gasteiger partial charge >= 0.3 is 0 Å². The molecule has 0 unspecified atom stereocenters. The van der Waals surface area contributed by atoms with Crippen LogP contribution in [-0.4, -0.2) is 22.9 Å². The summed E-state index contributed by atoms with van der Waals surface area (Å²) >= 11 is 0. The third-order valence-electron chi connectivity index (χ3n) is 3.72. The maximum atomic E-state index is 10.7. The van der Waals surface area contributed by atoms with Crippen LogP contribution in [0.25, 0.3) is 5.57 Å². The summed E-state index contributed by atoms with van der Waals surface area (Å²) in [7, 11) is 0. The predicted molar refractivity (Wildman–Crippen MR) is 74.6 cm³/mol. The van der Waals surface area contributed by atoms with Crippen molar-refractivity contribution < 1.29 is 4.92 Å². The van der Waals surface area contributed by atoms with Crippen molar-refractivity contribution in [2.75, 3.05) is 13.1 Å². The molecule has 2 aliphatic heterocycles. The van der Waals surface area contributed by atoms with Gasteiger partial charge in [-0.3, -0.25) is 10.1 Å². The number of hydrogen-bond acceptors (Lipinski definition) is 3. The van der Waals surface area contributed by atoms with Gasteiger partial charge in [-0.15, -0.1) is 0 Å². The van der Waals surface area contributed by atoms with E-state index in [2.05, 4.69) is 17.1 Å². The smallest absolute Gasteiger partial charge is 0.269 e. The summed E-state index contributed by atoms with van der Waals surface area (Å²) < 4.78 is 0. The number of nitrogens with zero attached hydrogens (tertiary/aromatic N) is 2. The van der Waals surface area contributed by atoms with E-state index in [0.717, 1.165) is 31.5 Å². The van der Waals surface area contributed by atoms with Crippen LogP contribution in [0.2, 0.25) is 0 Å². The van der Waals surface area contributed by atoms with Crippen molar-refractivity contribution in [3.63, 3.8) is 0 Å². The molecule has 4 nitrogen and oxygen atoms in total. The second-order valence-electron chi connectivity index (χ2n) is 4.93. The average molecular weight is 256 g/mol. The van der Waals surface area contributed by atoms with Gasteiger partial charge in [-0.05, 0) is 37.0 Å². The molecule has 3 rings (SSSR count). The third-order valence-corrected chi connectivity index (χ3v) is 3.72. The molecule has 0 N–H and O–H groups in total. The zero-order chi connectivity index (χ0) is 13.2.